The molecule has 0 aliphatic heterocycles. The highest BCUT2D eigenvalue weighted by Crippen LogP contribution is 2.60. The van der Waals surface area contributed by atoms with Gasteiger partial charge < -0.3 is 24.8 Å². The summed E-state index contributed by atoms with van der Waals surface area (Å²) < 4.78 is 16.5. The first kappa shape index (κ1) is 29.3. The maximum atomic E-state index is 12.8. The van der Waals surface area contributed by atoms with Crippen LogP contribution in [0.5, 0.6) is 17.2 Å². The lowest BCUT2D eigenvalue weighted by molar-refractivity contribution is -0.118. The number of amides is 2. The van der Waals surface area contributed by atoms with Gasteiger partial charge >= 0.3 is 0 Å². The van der Waals surface area contributed by atoms with Gasteiger partial charge in [0.25, 0.3) is 11.8 Å². The van der Waals surface area contributed by atoms with Gasteiger partial charge in [0.15, 0.2) is 18.1 Å². The van der Waals surface area contributed by atoms with Crippen molar-refractivity contribution in [1.82, 2.24) is 0 Å². The number of benzene rings is 3. The molecule has 4 aliphatic rings. The lowest BCUT2D eigenvalue weighted by Crippen LogP contribution is -2.48. The van der Waals surface area contributed by atoms with Crippen molar-refractivity contribution in [3.63, 3.8) is 0 Å². The van der Waals surface area contributed by atoms with Crippen LogP contribution in [0.2, 0.25) is 0 Å². The Morgan fingerprint density at radius 1 is 0.864 bits per heavy atom. The number of hydrogen-bond donors (Lipinski definition) is 2. The third-order valence-electron chi connectivity index (χ3n) is 9.40. The Bertz CT molecular complexity index is 1590. The highest BCUT2D eigenvalue weighted by atomic mass is 16.5. The van der Waals surface area contributed by atoms with Gasteiger partial charge in [-0.2, -0.15) is 5.26 Å². The van der Waals surface area contributed by atoms with E-state index in [0.717, 1.165) is 23.4 Å². The van der Waals surface area contributed by atoms with Gasteiger partial charge in [0.2, 0.25) is 0 Å². The lowest BCUT2D eigenvalue weighted by Gasteiger charge is -2.57. The number of hydrogen-bond acceptors (Lipinski definition) is 6. The minimum absolute atomic E-state index is 0.0970. The molecule has 4 bridgehead atoms. The molecule has 0 aromatic heterocycles. The summed E-state index contributed by atoms with van der Waals surface area (Å²) in [5.74, 6) is 3.03. The quantitative estimate of drug-likeness (QED) is 0.200. The molecule has 4 aliphatic carbocycles. The predicted octanol–water partition coefficient (Wildman–Crippen LogP) is 6.73. The molecule has 3 aromatic carbocycles. The first-order valence-corrected chi connectivity index (χ1v) is 15.2. The number of nitrogens with zero attached hydrogens (tertiary/aromatic N) is 1. The van der Waals surface area contributed by atoms with Crippen molar-refractivity contribution in [2.24, 2.45) is 17.8 Å². The van der Waals surface area contributed by atoms with Crippen molar-refractivity contribution < 1.29 is 23.8 Å². The molecule has 0 spiro atoms. The number of para-hydroxylation sites is 2. The largest absolute Gasteiger partial charge is 0.495 e. The molecule has 2 N–H and O–H groups in total. The summed E-state index contributed by atoms with van der Waals surface area (Å²) in [4.78, 5) is 25.5. The molecule has 4 fully saturated rings. The van der Waals surface area contributed by atoms with Crippen LogP contribution in [0.4, 0.5) is 11.4 Å². The maximum absolute atomic E-state index is 12.8. The fourth-order valence-corrected chi connectivity index (χ4v) is 7.86. The van der Waals surface area contributed by atoms with Gasteiger partial charge in [-0.15, -0.1) is 0 Å². The zero-order valence-electron chi connectivity index (χ0n) is 25.1. The van der Waals surface area contributed by atoms with Crippen LogP contribution in [-0.2, 0) is 15.0 Å². The van der Waals surface area contributed by atoms with Crippen LogP contribution in [0, 0.1) is 29.1 Å². The molecule has 8 heteroatoms. The Balaban J connectivity index is 1.06. The van der Waals surface area contributed by atoms with E-state index in [1.54, 1.807) is 42.5 Å². The Labute approximate surface area is 258 Å². The number of methoxy groups -OCH3 is 2. The Kier molecular flexibility index (Phi) is 8.30. The number of ether oxygens (including phenoxy) is 3. The van der Waals surface area contributed by atoms with Crippen LogP contribution in [0.15, 0.2) is 72.3 Å². The summed E-state index contributed by atoms with van der Waals surface area (Å²) in [6.45, 7) is -0.201. The van der Waals surface area contributed by atoms with Crippen LogP contribution in [0.3, 0.4) is 0 Å². The van der Waals surface area contributed by atoms with E-state index in [1.807, 2.05) is 18.2 Å². The van der Waals surface area contributed by atoms with E-state index in [2.05, 4.69) is 22.8 Å². The molecule has 4 saturated carbocycles. The van der Waals surface area contributed by atoms with Crippen LogP contribution in [0.1, 0.15) is 49.7 Å². The highest BCUT2D eigenvalue weighted by molar-refractivity contribution is 6.10. The predicted molar refractivity (Wildman–Crippen MR) is 169 cm³/mol. The summed E-state index contributed by atoms with van der Waals surface area (Å²) >= 11 is 0. The van der Waals surface area contributed by atoms with Gasteiger partial charge in [-0.05, 0) is 115 Å². The van der Waals surface area contributed by atoms with Crippen LogP contribution >= 0.6 is 0 Å². The second-order valence-corrected chi connectivity index (χ2v) is 12.3. The average Bonchev–Trinajstić information content (AvgIpc) is 3.02. The zero-order chi connectivity index (χ0) is 30.7. The van der Waals surface area contributed by atoms with E-state index >= 15 is 0 Å². The topological polar surface area (TPSA) is 110 Å². The molecular formula is C36H37N3O5. The number of carbonyl (C=O) groups is 2. The van der Waals surface area contributed by atoms with Gasteiger partial charge in [-0.3, -0.25) is 9.59 Å². The summed E-state index contributed by atoms with van der Waals surface area (Å²) in [7, 11) is 2.99. The van der Waals surface area contributed by atoms with Crippen LogP contribution < -0.4 is 24.8 Å². The van der Waals surface area contributed by atoms with E-state index in [0.29, 0.717) is 33.9 Å². The van der Waals surface area contributed by atoms with Crippen LogP contribution in [-0.4, -0.2) is 32.6 Å². The number of carbonyl (C=O) groups excluding carboxylic acids is 2. The van der Waals surface area contributed by atoms with E-state index in [9.17, 15) is 14.9 Å². The van der Waals surface area contributed by atoms with Gasteiger partial charge in [0.1, 0.15) is 17.4 Å². The summed E-state index contributed by atoms with van der Waals surface area (Å²) in [6, 6.07) is 22.3. The Hall–Kier alpha value is -4.77. The van der Waals surface area contributed by atoms with Gasteiger partial charge in [-0.25, -0.2) is 0 Å². The molecule has 44 heavy (non-hydrogen) atoms. The molecule has 0 saturated heterocycles. The van der Waals surface area contributed by atoms with E-state index in [1.165, 1.54) is 64.4 Å². The molecule has 0 heterocycles. The highest BCUT2D eigenvalue weighted by Gasteiger charge is 2.51. The zero-order valence-corrected chi connectivity index (χ0v) is 25.1. The molecule has 3 aromatic rings. The first-order valence-electron chi connectivity index (χ1n) is 15.2. The van der Waals surface area contributed by atoms with E-state index in [4.69, 9.17) is 14.2 Å². The van der Waals surface area contributed by atoms with Crippen molar-refractivity contribution >= 4 is 29.3 Å². The monoisotopic (exact) mass is 591 g/mol. The standard InChI is InChI=1S/C36H37N3O5/c1-42-31-6-4-3-5-30(31)39-35(41)27(21-37)16-23-7-12-32(33(17-23)43-2)44-22-34(40)38-29-10-8-28(9-11-29)36-18-24-13-25(19-36)15-26(14-24)20-36/h3-12,16-17,24-26H,13-15,18-20,22H2,1-2H3,(H,38,40)(H,39,41)/b27-16-. The van der Waals surface area contributed by atoms with Gasteiger partial charge in [0.05, 0.1) is 19.9 Å². The second kappa shape index (κ2) is 12.5. The smallest absolute Gasteiger partial charge is 0.266 e. The molecular weight excluding hydrogens is 554 g/mol. The summed E-state index contributed by atoms with van der Waals surface area (Å²) in [5, 5.41) is 15.3. The van der Waals surface area contributed by atoms with Gasteiger partial charge in [0, 0.05) is 5.69 Å². The normalized spacial score (nSPS) is 23.4. The molecule has 0 unspecified atom stereocenters. The fourth-order valence-electron chi connectivity index (χ4n) is 7.86. The molecule has 226 valence electrons. The third-order valence-corrected chi connectivity index (χ3v) is 9.40. The van der Waals surface area contributed by atoms with E-state index < -0.39 is 5.91 Å². The van der Waals surface area contributed by atoms with Crippen LogP contribution in [0.25, 0.3) is 6.08 Å². The Morgan fingerprint density at radius 3 is 2.16 bits per heavy atom. The molecule has 8 nitrogen and oxygen atoms in total. The molecule has 7 rings (SSSR count). The number of anilines is 2. The molecule has 0 radical (unpaired) electrons. The number of nitrogens with one attached hydrogen (secondary N) is 2. The fraction of sp³-hybridized carbons (Fsp3) is 0.361. The van der Waals surface area contributed by atoms with Crippen molar-refractivity contribution in [2.45, 2.75) is 43.9 Å². The SMILES string of the molecule is COc1ccccc1NC(=O)/C(C#N)=C\c1ccc(OCC(=O)Nc2ccc(C34CC5CC(CC(C5)C3)C4)cc2)c(OC)c1. The molecule has 2 amide bonds. The first-order chi connectivity index (χ1) is 21.4. The summed E-state index contributed by atoms with van der Waals surface area (Å²) in [6.07, 6.45) is 9.63. The third kappa shape index (κ3) is 6.14. The maximum Gasteiger partial charge on any atom is 0.266 e. The second-order valence-electron chi connectivity index (χ2n) is 12.3. The van der Waals surface area contributed by atoms with Gasteiger partial charge in [-0.1, -0.05) is 30.3 Å². The Morgan fingerprint density at radius 2 is 1.52 bits per heavy atom. The average molecular weight is 592 g/mol. The van der Waals surface area contributed by atoms with E-state index in [-0.39, 0.29) is 18.1 Å². The number of rotatable bonds is 10. The summed E-state index contributed by atoms with van der Waals surface area (Å²) in [5.41, 5.74) is 3.41. The minimum Gasteiger partial charge on any atom is -0.495 e. The van der Waals surface area contributed by atoms with Crippen molar-refractivity contribution in [2.75, 3.05) is 31.5 Å². The van der Waals surface area contributed by atoms with Crippen molar-refractivity contribution in [1.29, 1.82) is 5.26 Å². The number of nitriles is 1. The lowest BCUT2D eigenvalue weighted by atomic mass is 9.48. The van der Waals surface area contributed by atoms with Crippen molar-refractivity contribution in [3.05, 3.63) is 83.4 Å². The molecule has 0 atom stereocenters. The van der Waals surface area contributed by atoms with Crippen molar-refractivity contribution in [3.8, 4) is 23.3 Å². The minimum atomic E-state index is -0.570.